The first-order valence-electron chi connectivity index (χ1n) is 10.4. The van der Waals surface area contributed by atoms with Crippen LogP contribution in [0.25, 0.3) is 0 Å². The molecule has 0 heterocycles. The topological polar surface area (TPSA) is 63.6 Å². The Morgan fingerprint density at radius 1 is 0.692 bits per heavy atom. The van der Waals surface area contributed by atoms with Crippen molar-refractivity contribution in [1.29, 1.82) is 0 Å². The minimum atomic E-state index is -4.23. The summed E-state index contributed by atoms with van der Waals surface area (Å²) in [7, 11) is -4.23. The second kappa shape index (κ2) is 25.9. The summed E-state index contributed by atoms with van der Waals surface area (Å²) >= 11 is 0. The van der Waals surface area contributed by atoms with E-state index in [1.807, 2.05) is 0 Å². The molecule has 1 N–H and O–H groups in total. The number of unbranched alkanes of at least 4 members (excludes halogenated alkanes) is 14. The Hall–Kier alpha value is 0.870. The maximum atomic E-state index is 10.2. The average molecular weight is 403 g/mol. The third kappa shape index (κ3) is 35.9. The van der Waals surface area contributed by atoms with Gasteiger partial charge in [-0.05, 0) is 6.42 Å². The zero-order chi connectivity index (χ0) is 19.2. The van der Waals surface area contributed by atoms with Crippen LogP contribution in [0.3, 0.4) is 0 Å². The monoisotopic (exact) mass is 402 g/mol. The van der Waals surface area contributed by atoms with Crippen molar-refractivity contribution in [1.82, 2.24) is 0 Å². The zero-order valence-electron chi connectivity index (χ0n) is 17.8. The molecule has 0 saturated heterocycles. The Balaban J connectivity index is -0.000000498. The van der Waals surface area contributed by atoms with Gasteiger partial charge in [-0.25, -0.2) is 4.18 Å². The van der Waals surface area contributed by atoms with Crippen molar-refractivity contribution in [3.05, 3.63) is 6.92 Å². The van der Waals surface area contributed by atoms with Crippen molar-refractivity contribution in [3.8, 4) is 0 Å². The van der Waals surface area contributed by atoms with E-state index in [-0.39, 0.29) is 36.2 Å². The van der Waals surface area contributed by atoms with E-state index in [0.717, 1.165) is 19.3 Å². The van der Waals surface area contributed by atoms with Crippen LogP contribution in [0.15, 0.2) is 0 Å². The summed E-state index contributed by atoms with van der Waals surface area (Å²) in [6, 6.07) is 0. The van der Waals surface area contributed by atoms with E-state index >= 15 is 0 Å². The molecule has 0 amide bonds. The van der Waals surface area contributed by atoms with Crippen molar-refractivity contribution in [2.75, 3.05) is 6.61 Å². The molecule has 0 aliphatic heterocycles. The van der Waals surface area contributed by atoms with Crippen LogP contribution in [0.4, 0.5) is 0 Å². The molecule has 0 aromatic rings. The molecule has 6 heteroatoms. The zero-order valence-corrected chi connectivity index (χ0v) is 20.6. The summed E-state index contributed by atoms with van der Waals surface area (Å²) in [6.07, 6.45) is 19.8. The second-order valence-corrected chi connectivity index (χ2v) is 7.79. The van der Waals surface area contributed by atoms with E-state index in [4.69, 9.17) is 4.55 Å². The van der Waals surface area contributed by atoms with Crippen LogP contribution in [0.1, 0.15) is 117 Å². The van der Waals surface area contributed by atoms with E-state index in [0.29, 0.717) is 6.42 Å². The van der Waals surface area contributed by atoms with Gasteiger partial charge in [-0.3, -0.25) is 4.55 Å². The van der Waals surface area contributed by atoms with Gasteiger partial charge in [0.2, 0.25) is 0 Å². The Kier molecular flexibility index (Phi) is 31.4. The molecule has 0 saturated carbocycles. The van der Waals surface area contributed by atoms with Crippen LogP contribution in [-0.2, 0) is 14.6 Å². The van der Waals surface area contributed by atoms with Gasteiger partial charge >= 0.3 is 40.0 Å². The second-order valence-electron chi connectivity index (χ2n) is 6.70. The van der Waals surface area contributed by atoms with Gasteiger partial charge in [-0.2, -0.15) is 14.8 Å². The van der Waals surface area contributed by atoms with Crippen LogP contribution in [-0.4, -0.2) is 19.6 Å². The van der Waals surface area contributed by atoms with Gasteiger partial charge in [0.25, 0.3) is 0 Å². The molecule has 0 aromatic carbocycles. The van der Waals surface area contributed by atoms with Crippen molar-refractivity contribution in [2.45, 2.75) is 117 Å². The Morgan fingerprint density at radius 3 is 1.38 bits per heavy atom. The number of hydrogen-bond donors (Lipinski definition) is 1. The molecular weight excluding hydrogens is 359 g/mol. The molecule has 0 aliphatic rings. The summed E-state index contributed by atoms with van der Waals surface area (Å²) in [6.45, 7) is 8.33. The van der Waals surface area contributed by atoms with Gasteiger partial charge in [0.05, 0.1) is 6.61 Å². The molecule has 0 bridgehead atoms. The van der Waals surface area contributed by atoms with Crippen molar-refractivity contribution in [2.24, 2.45) is 0 Å². The molecule has 0 fully saturated rings. The fourth-order valence-electron chi connectivity index (χ4n) is 2.53. The van der Waals surface area contributed by atoms with Crippen molar-refractivity contribution in [3.63, 3.8) is 0 Å². The Bertz CT molecular complexity index is 329. The standard InChI is InChI=1S/C12H26O4S.C8H17.Na/c1-2-3-4-5-6-7-8-9-10-11-12-16-17(13,14)15;1-3-5-7-8-6-4-2;/h2-12H2,1H3,(H,13,14,15);1,3-8H2,2H3;/q;-1;+1. The molecule has 0 aromatic heterocycles. The maximum absolute atomic E-state index is 10.2. The minimum Gasteiger partial charge on any atom is -0.343 e. The summed E-state index contributed by atoms with van der Waals surface area (Å²) in [5.41, 5.74) is 0. The first-order valence-corrected chi connectivity index (χ1v) is 11.8. The fourth-order valence-corrected chi connectivity index (χ4v) is 2.86. The molecule has 26 heavy (non-hydrogen) atoms. The predicted molar refractivity (Wildman–Crippen MR) is 108 cm³/mol. The van der Waals surface area contributed by atoms with Crippen LogP contribution >= 0.6 is 0 Å². The van der Waals surface area contributed by atoms with Gasteiger partial charge in [0.1, 0.15) is 0 Å². The molecular formula is C20H43NaO4S. The number of rotatable bonds is 17. The minimum absolute atomic E-state index is 0. The Labute approximate surface area is 186 Å². The average Bonchev–Trinajstić information content (AvgIpc) is 2.56. The van der Waals surface area contributed by atoms with Crippen molar-refractivity contribution < 1.29 is 46.7 Å². The molecule has 0 aliphatic carbocycles. The third-order valence-corrected chi connectivity index (χ3v) is 4.55. The van der Waals surface area contributed by atoms with E-state index in [2.05, 4.69) is 25.0 Å². The summed E-state index contributed by atoms with van der Waals surface area (Å²) in [5.74, 6) is 0. The third-order valence-electron chi connectivity index (χ3n) is 4.08. The maximum Gasteiger partial charge on any atom is 1.00 e. The summed E-state index contributed by atoms with van der Waals surface area (Å²) in [5, 5.41) is 0. The van der Waals surface area contributed by atoms with E-state index in [1.165, 1.54) is 77.0 Å². The van der Waals surface area contributed by atoms with Gasteiger partial charge in [-0.15, -0.1) is 0 Å². The summed E-state index contributed by atoms with van der Waals surface area (Å²) in [4.78, 5) is 0. The number of hydrogen-bond acceptors (Lipinski definition) is 3. The smallest absolute Gasteiger partial charge is 0.343 e. The van der Waals surface area contributed by atoms with Crippen molar-refractivity contribution >= 4 is 10.4 Å². The molecule has 0 unspecified atom stereocenters. The SMILES string of the molecule is CCCCCCCCCCCCOS(=O)(=O)O.[CH2-]CCCCCCC.[Na+]. The van der Waals surface area contributed by atoms with E-state index in [1.54, 1.807) is 0 Å². The molecule has 0 rings (SSSR count). The largest absolute Gasteiger partial charge is 1.00 e. The van der Waals surface area contributed by atoms with Crippen LogP contribution in [0.2, 0.25) is 0 Å². The van der Waals surface area contributed by atoms with Crippen LogP contribution in [0.5, 0.6) is 0 Å². The fraction of sp³-hybridized carbons (Fsp3) is 0.950. The normalized spacial score (nSPS) is 10.8. The van der Waals surface area contributed by atoms with Gasteiger partial charge in [-0.1, -0.05) is 104 Å². The summed E-state index contributed by atoms with van der Waals surface area (Å²) < 4.78 is 33.0. The first-order chi connectivity index (χ1) is 12.0. The molecule has 0 spiro atoms. The van der Waals surface area contributed by atoms with Crippen LogP contribution in [0, 0.1) is 6.92 Å². The molecule has 4 nitrogen and oxygen atoms in total. The van der Waals surface area contributed by atoms with Gasteiger partial charge < -0.3 is 6.92 Å². The molecule has 0 radical (unpaired) electrons. The predicted octanol–water partition coefficient (Wildman–Crippen LogP) is 3.91. The van der Waals surface area contributed by atoms with Gasteiger partial charge in [0.15, 0.2) is 0 Å². The quantitative estimate of drug-likeness (QED) is 0.173. The molecule has 154 valence electrons. The molecule has 0 atom stereocenters. The van der Waals surface area contributed by atoms with E-state index in [9.17, 15) is 8.42 Å². The Morgan fingerprint density at radius 2 is 1.04 bits per heavy atom. The van der Waals surface area contributed by atoms with Crippen LogP contribution < -0.4 is 29.6 Å². The van der Waals surface area contributed by atoms with E-state index < -0.39 is 10.4 Å². The first kappa shape index (κ1) is 31.6. The van der Waals surface area contributed by atoms with Gasteiger partial charge in [0, 0.05) is 0 Å².